The molecular weight excluding hydrogens is 332 g/mol. The quantitative estimate of drug-likeness (QED) is 0.826. The number of hydrogen-bond acceptors (Lipinski definition) is 2. The molecule has 1 aliphatic carbocycles. The standard InChI is InChI=1S/C16H21BrN2O2/c1-2-14(20)18-10-15(21)19-11-16(8-3-9-16)12-4-6-13(17)7-5-12/h4-7H,2-3,8-11H2,1H3,(H,18,20)(H,19,21). The molecule has 2 amide bonds. The lowest BCUT2D eigenvalue weighted by atomic mass is 9.64. The molecule has 0 unspecified atom stereocenters. The van der Waals surface area contributed by atoms with Crippen LogP contribution in [0.4, 0.5) is 0 Å². The van der Waals surface area contributed by atoms with Gasteiger partial charge in [0.1, 0.15) is 0 Å². The Morgan fingerprint density at radius 2 is 1.81 bits per heavy atom. The monoisotopic (exact) mass is 352 g/mol. The van der Waals surface area contributed by atoms with Crippen LogP contribution in [0, 0.1) is 0 Å². The van der Waals surface area contributed by atoms with E-state index in [1.54, 1.807) is 6.92 Å². The lowest BCUT2D eigenvalue weighted by Crippen LogP contribution is -2.47. The topological polar surface area (TPSA) is 58.2 Å². The summed E-state index contributed by atoms with van der Waals surface area (Å²) in [5.41, 5.74) is 1.33. The Bertz CT molecular complexity index is 510. The Hall–Kier alpha value is -1.36. The van der Waals surface area contributed by atoms with Crippen molar-refractivity contribution >= 4 is 27.7 Å². The molecule has 1 fully saturated rings. The molecule has 0 spiro atoms. The van der Waals surface area contributed by atoms with Gasteiger partial charge in [0.05, 0.1) is 6.54 Å². The van der Waals surface area contributed by atoms with Crippen LogP contribution in [0.5, 0.6) is 0 Å². The smallest absolute Gasteiger partial charge is 0.239 e. The van der Waals surface area contributed by atoms with Crippen molar-refractivity contribution in [1.29, 1.82) is 0 Å². The van der Waals surface area contributed by atoms with Gasteiger partial charge in [-0.3, -0.25) is 9.59 Å². The summed E-state index contributed by atoms with van der Waals surface area (Å²) in [6.07, 6.45) is 3.78. The number of rotatable bonds is 6. The predicted molar refractivity (Wildman–Crippen MR) is 86.0 cm³/mol. The fourth-order valence-corrected chi connectivity index (χ4v) is 2.87. The second kappa shape index (κ2) is 7.07. The molecule has 5 heteroatoms. The summed E-state index contributed by atoms with van der Waals surface area (Å²) in [5, 5.41) is 5.55. The second-order valence-electron chi connectivity index (χ2n) is 5.55. The fourth-order valence-electron chi connectivity index (χ4n) is 2.61. The van der Waals surface area contributed by atoms with E-state index in [-0.39, 0.29) is 23.8 Å². The predicted octanol–water partition coefficient (Wildman–Crippen LogP) is 2.51. The third-order valence-corrected chi connectivity index (χ3v) is 4.69. The summed E-state index contributed by atoms with van der Waals surface area (Å²) < 4.78 is 1.06. The zero-order valence-corrected chi connectivity index (χ0v) is 13.8. The van der Waals surface area contributed by atoms with Gasteiger partial charge in [-0.1, -0.05) is 41.4 Å². The average Bonchev–Trinajstić information content (AvgIpc) is 2.45. The first-order valence-corrected chi connectivity index (χ1v) is 8.14. The van der Waals surface area contributed by atoms with Crippen LogP contribution in [0.2, 0.25) is 0 Å². The van der Waals surface area contributed by atoms with Crippen LogP contribution >= 0.6 is 15.9 Å². The first-order valence-electron chi connectivity index (χ1n) is 7.35. The summed E-state index contributed by atoms with van der Waals surface area (Å²) >= 11 is 3.45. The third kappa shape index (κ3) is 4.06. The van der Waals surface area contributed by atoms with Crippen molar-refractivity contribution in [2.45, 2.75) is 38.0 Å². The van der Waals surface area contributed by atoms with Gasteiger partial charge in [0, 0.05) is 22.9 Å². The number of carbonyl (C=O) groups excluding carboxylic acids is 2. The van der Waals surface area contributed by atoms with E-state index in [2.05, 4.69) is 38.7 Å². The van der Waals surface area contributed by atoms with Crippen LogP contribution in [0.3, 0.4) is 0 Å². The van der Waals surface area contributed by atoms with E-state index in [0.717, 1.165) is 17.3 Å². The highest BCUT2D eigenvalue weighted by atomic mass is 79.9. The van der Waals surface area contributed by atoms with Crippen molar-refractivity contribution in [3.8, 4) is 0 Å². The average molecular weight is 353 g/mol. The van der Waals surface area contributed by atoms with E-state index in [1.165, 1.54) is 12.0 Å². The van der Waals surface area contributed by atoms with Gasteiger partial charge in [0.25, 0.3) is 0 Å². The number of amides is 2. The van der Waals surface area contributed by atoms with Crippen LogP contribution in [0.15, 0.2) is 28.7 Å². The molecule has 0 aromatic heterocycles. The Morgan fingerprint density at radius 1 is 1.14 bits per heavy atom. The maximum atomic E-state index is 11.8. The molecule has 21 heavy (non-hydrogen) atoms. The van der Waals surface area contributed by atoms with Crippen LogP contribution < -0.4 is 10.6 Å². The molecule has 0 bridgehead atoms. The lowest BCUT2D eigenvalue weighted by Gasteiger charge is -2.42. The SMILES string of the molecule is CCC(=O)NCC(=O)NCC1(c2ccc(Br)cc2)CCC1. The number of nitrogens with one attached hydrogen (secondary N) is 2. The second-order valence-corrected chi connectivity index (χ2v) is 6.46. The first kappa shape index (κ1) is 16.0. The molecule has 0 aliphatic heterocycles. The van der Waals surface area contributed by atoms with Gasteiger partial charge in [-0.15, -0.1) is 0 Å². The number of carbonyl (C=O) groups is 2. The minimum atomic E-state index is -0.125. The van der Waals surface area contributed by atoms with Gasteiger partial charge in [0.15, 0.2) is 0 Å². The van der Waals surface area contributed by atoms with Gasteiger partial charge in [0.2, 0.25) is 11.8 Å². The van der Waals surface area contributed by atoms with Crippen molar-refractivity contribution < 1.29 is 9.59 Å². The largest absolute Gasteiger partial charge is 0.354 e. The summed E-state index contributed by atoms with van der Waals surface area (Å²) in [4.78, 5) is 22.9. The molecule has 0 heterocycles. The van der Waals surface area contributed by atoms with Crippen molar-refractivity contribution in [2.75, 3.05) is 13.1 Å². The Morgan fingerprint density at radius 3 is 2.33 bits per heavy atom. The minimum Gasteiger partial charge on any atom is -0.354 e. The first-order chi connectivity index (χ1) is 10.1. The van der Waals surface area contributed by atoms with E-state index in [4.69, 9.17) is 0 Å². The Kier molecular flexibility index (Phi) is 5.39. The maximum absolute atomic E-state index is 11.8. The van der Waals surface area contributed by atoms with Crippen molar-refractivity contribution in [3.63, 3.8) is 0 Å². The van der Waals surface area contributed by atoms with Gasteiger partial charge < -0.3 is 10.6 Å². The Labute approximate surface area is 133 Å². The van der Waals surface area contributed by atoms with Crippen LogP contribution in [-0.4, -0.2) is 24.9 Å². The molecule has 0 saturated heterocycles. The van der Waals surface area contributed by atoms with Crippen molar-refractivity contribution in [1.82, 2.24) is 10.6 Å². The molecule has 1 aromatic rings. The third-order valence-electron chi connectivity index (χ3n) is 4.16. The molecule has 2 N–H and O–H groups in total. The lowest BCUT2D eigenvalue weighted by molar-refractivity contribution is -0.126. The molecule has 114 valence electrons. The molecule has 2 rings (SSSR count). The molecule has 1 aliphatic rings. The van der Waals surface area contributed by atoms with Gasteiger partial charge >= 0.3 is 0 Å². The highest BCUT2D eigenvalue weighted by Crippen LogP contribution is 2.43. The van der Waals surface area contributed by atoms with E-state index in [0.29, 0.717) is 13.0 Å². The van der Waals surface area contributed by atoms with E-state index in [1.807, 2.05) is 12.1 Å². The van der Waals surface area contributed by atoms with Crippen LogP contribution in [0.1, 0.15) is 38.2 Å². The minimum absolute atomic E-state index is 0.0586. The zero-order chi connectivity index (χ0) is 15.3. The number of benzene rings is 1. The maximum Gasteiger partial charge on any atom is 0.239 e. The summed E-state index contributed by atoms with van der Waals surface area (Å²) in [5.74, 6) is -0.225. The molecule has 0 atom stereocenters. The zero-order valence-electron chi connectivity index (χ0n) is 12.2. The molecule has 1 aromatic carbocycles. The number of halogens is 1. The van der Waals surface area contributed by atoms with Crippen LogP contribution in [-0.2, 0) is 15.0 Å². The Balaban J connectivity index is 1.89. The van der Waals surface area contributed by atoms with Gasteiger partial charge in [-0.2, -0.15) is 0 Å². The van der Waals surface area contributed by atoms with Gasteiger partial charge in [-0.05, 0) is 30.5 Å². The summed E-state index contributed by atoms with van der Waals surface area (Å²) in [6.45, 7) is 2.46. The molecule has 1 saturated carbocycles. The van der Waals surface area contributed by atoms with Crippen molar-refractivity contribution in [3.05, 3.63) is 34.3 Å². The number of hydrogen-bond donors (Lipinski definition) is 2. The van der Waals surface area contributed by atoms with Crippen molar-refractivity contribution in [2.24, 2.45) is 0 Å². The summed E-state index contributed by atoms with van der Waals surface area (Å²) in [6, 6.07) is 8.32. The fraction of sp³-hybridized carbons (Fsp3) is 0.500. The van der Waals surface area contributed by atoms with E-state index >= 15 is 0 Å². The van der Waals surface area contributed by atoms with E-state index in [9.17, 15) is 9.59 Å². The van der Waals surface area contributed by atoms with E-state index < -0.39 is 0 Å². The van der Waals surface area contributed by atoms with Crippen LogP contribution in [0.25, 0.3) is 0 Å². The normalized spacial score (nSPS) is 15.9. The molecule has 4 nitrogen and oxygen atoms in total. The molecular formula is C16H21BrN2O2. The highest BCUT2D eigenvalue weighted by Gasteiger charge is 2.38. The highest BCUT2D eigenvalue weighted by molar-refractivity contribution is 9.10. The molecule has 0 radical (unpaired) electrons. The summed E-state index contributed by atoms with van der Waals surface area (Å²) in [7, 11) is 0. The van der Waals surface area contributed by atoms with Gasteiger partial charge in [-0.25, -0.2) is 0 Å².